The highest BCUT2D eigenvalue weighted by molar-refractivity contribution is 7.88. The Morgan fingerprint density at radius 1 is 1.19 bits per heavy atom. The first kappa shape index (κ1) is 20.7. The van der Waals surface area contributed by atoms with Crippen LogP contribution in [0.1, 0.15) is 29.9 Å². The maximum absolute atomic E-state index is 12.4. The molecule has 2 aliphatic rings. The predicted octanol–water partition coefficient (Wildman–Crippen LogP) is 0.850. The third-order valence-electron chi connectivity index (χ3n) is 5.60. The second-order valence-electron chi connectivity index (χ2n) is 7.66. The molecule has 1 aromatic heterocycles. The number of ether oxygens (including phenoxy) is 1. The molecule has 3 heterocycles. The summed E-state index contributed by atoms with van der Waals surface area (Å²) < 4.78 is 37.1. The Morgan fingerprint density at radius 3 is 2.56 bits per heavy atom. The van der Waals surface area contributed by atoms with E-state index in [4.69, 9.17) is 9.26 Å². The predicted molar refractivity (Wildman–Crippen MR) is 103 cm³/mol. The molecule has 0 bridgehead atoms. The maximum Gasteiger partial charge on any atom is 0.211 e. The van der Waals surface area contributed by atoms with Gasteiger partial charge in [-0.25, -0.2) is 8.42 Å². The molecule has 2 saturated heterocycles. The fraction of sp³-hybridized carbons (Fsp3) is 0.833. The topological polar surface area (TPSA) is 79.1 Å². The van der Waals surface area contributed by atoms with E-state index < -0.39 is 10.0 Å². The lowest BCUT2D eigenvalue weighted by Gasteiger charge is -2.30. The first-order valence-electron chi connectivity index (χ1n) is 9.75. The number of aryl methyl sites for hydroxylation is 2. The van der Waals surface area contributed by atoms with Crippen molar-refractivity contribution in [3.63, 3.8) is 0 Å². The first-order chi connectivity index (χ1) is 12.8. The van der Waals surface area contributed by atoms with Gasteiger partial charge in [0, 0.05) is 50.9 Å². The molecule has 8 nitrogen and oxygen atoms in total. The fourth-order valence-corrected chi connectivity index (χ4v) is 5.21. The highest BCUT2D eigenvalue weighted by Gasteiger charge is 2.33. The Kier molecular flexibility index (Phi) is 6.91. The number of morpholine rings is 1. The second-order valence-corrected chi connectivity index (χ2v) is 9.60. The first-order valence-corrected chi connectivity index (χ1v) is 11.6. The van der Waals surface area contributed by atoms with Crippen molar-refractivity contribution < 1.29 is 17.7 Å². The normalized spacial score (nSPS) is 22.7. The third-order valence-corrected chi connectivity index (χ3v) is 6.93. The van der Waals surface area contributed by atoms with Crippen molar-refractivity contribution in [1.82, 2.24) is 19.3 Å². The van der Waals surface area contributed by atoms with Crippen LogP contribution in [0.2, 0.25) is 0 Å². The maximum atomic E-state index is 12.4. The van der Waals surface area contributed by atoms with Crippen LogP contribution in [0, 0.1) is 13.8 Å². The summed E-state index contributed by atoms with van der Waals surface area (Å²) in [7, 11) is -3.22. The van der Waals surface area contributed by atoms with Crippen molar-refractivity contribution in [3.05, 3.63) is 17.0 Å². The second kappa shape index (κ2) is 9.00. The van der Waals surface area contributed by atoms with Gasteiger partial charge in [0.1, 0.15) is 5.76 Å². The van der Waals surface area contributed by atoms with Gasteiger partial charge in [-0.3, -0.25) is 9.80 Å². The molecule has 3 rings (SSSR count). The number of hydrogen-bond acceptors (Lipinski definition) is 7. The zero-order chi connectivity index (χ0) is 19.4. The summed E-state index contributed by atoms with van der Waals surface area (Å²) in [5.74, 6) is 0.849. The third kappa shape index (κ3) is 5.51. The number of hydrogen-bond donors (Lipinski definition) is 0. The Hall–Kier alpha value is -1.00. The van der Waals surface area contributed by atoms with E-state index in [1.165, 1.54) is 6.26 Å². The number of aromatic nitrogens is 1. The van der Waals surface area contributed by atoms with Crippen LogP contribution in [0.15, 0.2) is 4.52 Å². The zero-order valence-electron chi connectivity index (χ0n) is 16.7. The van der Waals surface area contributed by atoms with Crippen LogP contribution in [0.25, 0.3) is 0 Å². The van der Waals surface area contributed by atoms with Crippen molar-refractivity contribution in [2.75, 3.05) is 58.7 Å². The molecule has 27 heavy (non-hydrogen) atoms. The summed E-state index contributed by atoms with van der Waals surface area (Å²) in [6.07, 6.45) is 3.06. The SMILES string of the molecule is Cc1noc(C)c1CN1CCC(N(CCCN2CCOCC2)S(C)(=O)=O)C1. The molecule has 0 aliphatic carbocycles. The van der Waals surface area contributed by atoms with E-state index in [2.05, 4.69) is 15.0 Å². The summed E-state index contributed by atoms with van der Waals surface area (Å²) in [6.45, 7) is 11.2. The van der Waals surface area contributed by atoms with E-state index >= 15 is 0 Å². The van der Waals surface area contributed by atoms with Crippen molar-refractivity contribution >= 4 is 10.0 Å². The summed E-state index contributed by atoms with van der Waals surface area (Å²) >= 11 is 0. The van der Waals surface area contributed by atoms with Gasteiger partial charge in [-0.1, -0.05) is 5.16 Å². The van der Waals surface area contributed by atoms with Crippen LogP contribution in [0.3, 0.4) is 0 Å². The molecule has 0 aromatic carbocycles. The summed E-state index contributed by atoms with van der Waals surface area (Å²) in [5.41, 5.74) is 2.04. The summed E-state index contributed by atoms with van der Waals surface area (Å²) in [4.78, 5) is 4.65. The monoisotopic (exact) mass is 400 g/mol. The lowest BCUT2D eigenvalue weighted by molar-refractivity contribution is 0.0366. The van der Waals surface area contributed by atoms with Crippen molar-refractivity contribution in [3.8, 4) is 0 Å². The largest absolute Gasteiger partial charge is 0.379 e. The molecule has 1 aromatic rings. The van der Waals surface area contributed by atoms with Gasteiger partial charge in [-0.15, -0.1) is 0 Å². The quantitative estimate of drug-likeness (QED) is 0.640. The number of nitrogens with zero attached hydrogens (tertiary/aromatic N) is 4. The van der Waals surface area contributed by atoms with E-state index in [9.17, 15) is 8.42 Å². The minimum Gasteiger partial charge on any atom is -0.379 e. The molecule has 0 amide bonds. The van der Waals surface area contributed by atoms with Crippen LogP contribution in [-0.2, 0) is 21.3 Å². The Morgan fingerprint density at radius 2 is 1.93 bits per heavy atom. The minimum atomic E-state index is -3.22. The molecule has 1 unspecified atom stereocenters. The van der Waals surface area contributed by atoms with Gasteiger partial charge in [0.2, 0.25) is 10.0 Å². The molecule has 0 spiro atoms. The van der Waals surface area contributed by atoms with Gasteiger partial charge >= 0.3 is 0 Å². The molecule has 2 fully saturated rings. The van der Waals surface area contributed by atoms with Gasteiger partial charge in [-0.05, 0) is 33.2 Å². The van der Waals surface area contributed by atoms with Crippen LogP contribution in [0.5, 0.6) is 0 Å². The lowest BCUT2D eigenvalue weighted by Crippen LogP contribution is -2.43. The molecule has 0 N–H and O–H groups in total. The molecule has 9 heteroatoms. The van der Waals surface area contributed by atoms with Gasteiger partial charge in [0.15, 0.2) is 0 Å². The van der Waals surface area contributed by atoms with Crippen molar-refractivity contribution in [1.29, 1.82) is 0 Å². The fourth-order valence-electron chi connectivity index (χ4n) is 4.04. The molecule has 0 saturated carbocycles. The molecule has 1 atom stereocenters. The van der Waals surface area contributed by atoms with Gasteiger partial charge in [-0.2, -0.15) is 4.31 Å². The number of rotatable bonds is 8. The van der Waals surface area contributed by atoms with Gasteiger partial charge in [0.05, 0.1) is 25.2 Å². The molecule has 154 valence electrons. The highest BCUT2D eigenvalue weighted by Crippen LogP contribution is 2.23. The average molecular weight is 401 g/mol. The van der Waals surface area contributed by atoms with Crippen LogP contribution < -0.4 is 0 Å². The van der Waals surface area contributed by atoms with E-state index in [0.29, 0.717) is 6.54 Å². The van der Waals surface area contributed by atoms with Gasteiger partial charge in [0.25, 0.3) is 0 Å². The Bertz CT molecular complexity index is 695. The smallest absolute Gasteiger partial charge is 0.211 e. The standard InChI is InChI=1S/C18H32N4O4S/c1-15-18(16(2)26-19-15)14-21-8-5-17(13-21)22(27(3,23)24)7-4-6-20-9-11-25-12-10-20/h17H,4-14H2,1-3H3. The van der Waals surface area contributed by atoms with Crippen LogP contribution >= 0.6 is 0 Å². The van der Waals surface area contributed by atoms with Gasteiger partial charge < -0.3 is 9.26 Å². The van der Waals surface area contributed by atoms with E-state index in [1.807, 2.05) is 13.8 Å². The van der Waals surface area contributed by atoms with E-state index in [-0.39, 0.29) is 6.04 Å². The van der Waals surface area contributed by atoms with Crippen LogP contribution in [-0.4, -0.2) is 92.5 Å². The molecular formula is C18H32N4O4S. The van der Waals surface area contributed by atoms with Crippen LogP contribution in [0.4, 0.5) is 0 Å². The number of likely N-dealkylation sites (tertiary alicyclic amines) is 1. The molecular weight excluding hydrogens is 368 g/mol. The number of sulfonamides is 1. The zero-order valence-corrected chi connectivity index (χ0v) is 17.5. The van der Waals surface area contributed by atoms with Crippen molar-refractivity contribution in [2.45, 2.75) is 39.3 Å². The highest BCUT2D eigenvalue weighted by atomic mass is 32.2. The summed E-state index contributed by atoms with van der Waals surface area (Å²) in [5, 5.41) is 4.01. The average Bonchev–Trinajstić information content (AvgIpc) is 3.20. The molecule has 0 radical (unpaired) electrons. The van der Waals surface area contributed by atoms with E-state index in [0.717, 1.165) is 82.3 Å². The minimum absolute atomic E-state index is 0.0464. The lowest BCUT2D eigenvalue weighted by atomic mass is 10.2. The van der Waals surface area contributed by atoms with E-state index in [1.54, 1.807) is 4.31 Å². The Balaban J connectivity index is 1.54. The Labute approximate surface area is 162 Å². The van der Waals surface area contributed by atoms with Crippen molar-refractivity contribution in [2.24, 2.45) is 0 Å². The summed E-state index contributed by atoms with van der Waals surface area (Å²) in [6, 6.07) is 0.0464. The molecule has 2 aliphatic heterocycles.